The Morgan fingerprint density at radius 2 is 1.85 bits per heavy atom. The first-order valence-electron chi connectivity index (χ1n) is 12.4. The highest BCUT2D eigenvalue weighted by Gasteiger charge is 2.34. The van der Waals surface area contributed by atoms with Gasteiger partial charge in [-0.05, 0) is 75.4 Å². The molecule has 0 aliphatic heterocycles. The minimum Gasteiger partial charge on any atom is -0.490 e. The molecule has 0 saturated carbocycles. The predicted molar refractivity (Wildman–Crippen MR) is 151 cm³/mol. The summed E-state index contributed by atoms with van der Waals surface area (Å²) in [6, 6.07) is 13.9. The number of nitrogens with zero attached hydrogens (tertiary/aromatic N) is 4. The van der Waals surface area contributed by atoms with E-state index in [1.807, 2.05) is 13.0 Å². The lowest BCUT2D eigenvalue weighted by Crippen LogP contribution is -2.26. The molecule has 1 atom stereocenters. The highest BCUT2D eigenvalue weighted by molar-refractivity contribution is 7.11. The summed E-state index contributed by atoms with van der Waals surface area (Å²) in [5.41, 5.74) is 0.526. The number of rotatable bonds is 8. The molecule has 0 unspecified atom stereocenters. The Labute approximate surface area is 232 Å². The van der Waals surface area contributed by atoms with Crippen molar-refractivity contribution >= 4 is 29.2 Å². The largest absolute Gasteiger partial charge is 0.728 e. The summed E-state index contributed by atoms with van der Waals surface area (Å²) >= 11 is 1.24. The summed E-state index contributed by atoms with van der Waals surface area (Å²) < 4.78 is 11.3. The molecule has 3 rings (SSSR count). The molecule has 9 nitrogen and oxygen atoms in total. The van der Waals surface area contributed by atoms with Gasteiger partial charge in [0.25, 0.3) is 5.91 Å². The molecule has 1 aromatic carbocycles. The number of ether oxygens (including phenoxy) is 2. The number of benzene rings is 1. The topological polar surface area (TPSA) is 119 Å². The van der Waals surface area contributed by atoms with E-state index < -0.39 is 17.1 Å². The lowest BCUT2D eigenvalue weighted by Gasteiger charge is -2.21. The van der Waals surface area contributed by atoms with E-state index in [0.717, 1.165) is 11.1 Å². The number of carbonyl (C=O) groups is 2. The Morgan fingerprint density at radius 1 is 1.10 bits per heavy atom. The van der Waals surface area contributed by atoms with E-state index >= 15 is 0 Å². The molecule has 39 heavy (non-hydrogen) atoms. The molecule has 0 spiro atoms. The zero-order valence-electron chi connectivity index (χ0n) is 22.9. The monoisotopic (exact) mass is 546 g/mol. The zero-order chi connectivity index (χ0) is 28.6. The molecule has 0 aliphatic rings. The second kappa shape index (κ2) is 12.5. The van der Waals surface area contributed by atoms with Gasteiger partial charge >= 0.3 is 12.2 Å². The van der Waals surface area contributed by atoms with Crippen LogP contribution >= 0.6 is 11.3 Å². The maximum absolute atomic E-state index is 12.3. The van der Waals surface area contributed by atoms with Crippen molar-refractivity contribution in [2.24, 2.45) is 11.3 Å². The quantitative estimate of drug-likeness (QED) is 0.322. The van der Waals surface area contributed by atoms with Crippen molar-refractivity contribution in [1.82, 2.24) is 9.97 Å². The predicted octanol–water partition coefficient (Wildman–Crippen LogP) is 7.03. The van der Waals surface area contributed by atoms with E-state index in [4.69, 9.17) is 9.47 Å². The Morgan fingerprint density at radius 3 is 2.49 bits per heavy atom. The van der Waals surface area contributed by atoms with Gasteiger partial charge in [0.15, 0.2) is 5.01 Å². The molecular formula is C29H32N5O4S+. The molecule has 0 fully saturated rings. The Hall–Kier alpha value is -4.28. The van der Waals surface area contributed by atoms with Gasteiger partial charge in [0.2, 0.25) is 0 Å². The first-order valence-corrected chi connectivity index (χ1v) is 13.3. The molecule has 2 amide bonds. The Balaban J connectivity index is 1.78. The van der Waals surface area contributed by atoms with Crippen LogP contribution < -0.4 is 10.1 Å². The summed E-state index contributed by atoms with van der Waals surface area (Å²) in [5, 5.41) is 14.6. The molecule has 3 aromatic rings. The summed E-state index contributed by atoms with van der Waals surface area (Å²) in [4.78, 5) is 36.6. The summed E-state index contributed by atoms with van der Waals surface area (Å²) in [5.74, 6) is 0.722. The number of nitrogens with one attached hydrogen (secondary N) is 1. The number of hydrogen-bond acceptors (Lipinski definition) is 8. The molecule has 10 heteroatoms. The van der Waals surface area contributed by atoms with Crippen LogP contribution in [0.15, 0.2) is 48.1 Å². The van der Waals surface area contributed by atoms with Crippen LogP contribution in [0.3, 0.4) is 0 Å². The van der Waals surface area contributed by atoms with E-state index in [0.29, 0.717) is 28.6 Å². The third kappa shape index (κ3) is 8.91. The van der Waals surface area contributed by atoms with Crippen LogP contribution in [0.2, 0.25) is 0 Å². The minimum absolute atomic E-state index is 0.160. The molecule has 2 aromatic heterocycles. The number of anilines is 1. The van der Waals surface area contributed by atoms with E-state index in [-0.39, 0.29) is 18.4 Å². The first-order chi connectivity index (χ1) is 18.4. The normalized spacial score (nSPS) is 12.5. The van der Waals surface area contributed by atoms with Gasteiger partial charge in [0.05, 0.1) is 10.4 Å². The molecule has 0 radical (unpaired) electrons. The van der Waals surface area contributed by atoms with E-state index in [9.17, 15) is 14.9 Å². The number of amides is 2. The molecule has 0 aliphatic carbocycles. The number of aromatic nitrogens is 2. The first kappa shape index (κ1) is 29.3. The number of hydrogen-bond donors (Lipinski definition) is 1. The maximum Gasteiger partial charge on any atom is 0.728 e. The molecule has 2 heterocycles. The fraction of sp³-hybridized carbons (Fsp3) is 0.379. The average molecular weight is 547 g/mol. The molecule has 0 bridgehead atoms. The fourth-order valence-electron chi connectivity index (χ4n) is 3.85. The van der Waals surface area contributed by atoms with Gasteiger partial charge in [-0.25, -0.2) is 9.97 Å². The summed E-state index contributed by atoms with van der Waals surface area (Å²) in [7, 11) is 0. The SMILES string of the molecule is CC(C)C[C@](C)(C#[N+]C(=O)OC(C)(C)C)COc1ccc(-c2ccnc(NC(=O)c3nccs3)c2)cc1C#N. The third-order valence-corrected chi connectivity index (χ3v) is 6.05. The maximum atomic E-state index is 12.3. The summed E-state index contributed by atoms with van der Waals surface area (Å²) in [6.45, 7) is 11.5. The Bertz CT molecular complexity index is 1430. The zero-order valence-corrected chi connectivity index (χ0v) is 23.8. The van der Waals surface area contributed by atoms with Crippen molar-refractivity contribution in [3.05, 3.63) is 63.5 Å². The van der Waals surface area contributed by atoms with Gasteiger partial charge in [0.1, 0.15) is 35.3 Å². The van der Waals surface area contributed by atoms with Gasteiger partial charge in [-0.2, -0.15) is 10.1 Å². The van der Waals surface area contributed by atoms with Crippen molar-refractivity contribution in [1.29, 1.82) is 5.26 Å². The number of carbonyl (C=O) groups excluding carboxylic acids is 2. The van der Waals surface area contributed by atoms with E-state index in [2.05, 4.69) is 46.1 Å². The van der Waals surface area contributed by atoms with Crippen molar-refractivity contribution < 1.29 is 19.1 Å². The lowest BCUT2D eigenvalue weighted by atomic mass is 9.84. The second-order valence-corrected chi connectivity index (χ2v) is 11.6. The van der Waals surface area contributed by atoms with Gasteiger partial charge in [-0.3, -0.25) is 4.79 Å². The van der Waals surface area contributed by atoms with Crippen LogP contribution in [0, 0.1) is 28.7 Å². The van der Waals surface area contributed by atoms with Gasteiger partial charge in [-0.1, -0.05) is 19.9 Å². The van der Waals surface area contributed by atoms with Crippen molar-refractivity contribution in [2.45, 2.75) is 53.6 Å². The van der Waals surface area contributed by atoms with Crippen LogP contribution in [0.5, 0.6) is 5.75 Å². The van der Waals surface area contributed by atoms with Crippen molar-refractivity contribution in [3.63, 3.8) is 0 Å². The molecule has 202 valence electrons. The number of nitriles is 1. The minimum atomic E-state index is -0.709. The molecule has 0 saturated heterocycles. The highest BCUT2D eigenvalue weighted by atomic mass is 32.1. The number of thiazole rings is 1. The van der Waals surface area contributed by atoms with Crippen LogP contribution in [-0.4, -0.2) is 34.2 Å². The van der Waals surface area contributed by atoms with E-state index in [1.165, 1.54) is 11.3 Å². The second-order valence-electron chi connectivity index (χ2n) is 10.7. The van der Waals surface area contributed by atoms with Crippen LogP contribution in [0.25, 0.3) is 16.0 Å². The van der Waals surface area contributed by atoms with Crippen molar-refractivity contribution in [2.75, 3.05) is 11.9 Å². The van der Waals surface area contributed by atoms with Crippen LogP contribution in [-0.2, 0) is 4.74 Å². The van der Waals surface area contributed by atoms with Gasteiger partial charge < -0.3 is 14.8 Å². The van der Waals surface area contributed by atoms with Gasteiger partial charge in [0, 0.05) is 17.8 Å². The van der Waals surface area contributed by atoms with E-state index in [1.54, 1.807) is 62.8 Å². The lowest BCUT2D eigenvalue weighted by molar-refractivity contribution is 0.0662. The average Bonchev–Trinajstić information content (AvgIpc) is 3.40. The van der Waals surface area contributed by atoms with Crippen LogP contribution in [0.1, 0.15) is 63.3 Å². The van der Waals surface area contributed by atoms with Crippen LogP contribution in [0.4, 0.5) is 10.6 Å². The van der Waals surface area contributed by atoms with Gasteiger partial charge in [-0.15, -0.1) is 11.3 Å². The number of pyridine rings is 1. The standard InChI is InChI=1S/C29H31N5O4S/c1-19(2)15-29(6,17-33-27(36)38-28(3,4)5)18-37-23-8-7-20(13-22(23)16-30)21-9-10-31-24(14-21)34-25(35)26-32-11-12-39-26/h7-14,19H,15,18H2,1-6H3/p+1/t29-/m1/s1. The molecule has 1 N–H and O–H groups in total. The highest BCUT2D eigenvalue weighted by Crippen LogP contribution is 2.31. The fourth-order valence-corrected chi connectivity index (χ4v) is 4.38. The Kier molecular flexibility index (Phi) is 9.39. The molecular weight excluding hydrogens is 514 g/mol. The smallest absolute Gasteiger partial charge is 0.490 e. The van der Waals surface area contributed by atoms with Crippen molar-refractivity contribution in [3.8, 4) is 29.0 Å². The third-order valence-electron chi connectivity index (χ3n) is 5.28. The summed E-state index contributed by atoms with van der Waals surface area (Å²) in [6.07, 6.45) is 3.10.